The van der Waals surface area contributed by atoms with Crippen LogP contribution in [0.25, 0.3) is 0 Å². The molecule has 0 unspecified atom stereocenters. The summed E-state index contributed by atoms with van der Waals surface area (Å²) in [5.41, 5.74) is 0.745. The maximum atomic E-state index is 11.4. The quantitative estimate of drug-likeness (QED) is 0.934. The van der Waals surface area contributed by atoms with Gasteiger partial charge in [0.05, 0.1) is 16.5 Å². The smallest absolute Gasteiger partial charge is 0.175 e. The van der Waals surface area contributed by atoms with Gasteiger partial charge in [-0.15, -0.1) is 0 Å². The maximum absolute atomic E-state index is 11.4. The molecule has 1 N–H and O–H groups in total. The highest BCUT2D eigenvalue weighted by Gasteiger charge is 2.10. The van der Waals surface area contributed by atoms with Crippen LogP contribution in [0.1, 0.15) is 5.56 Å². The zero-order valence-electron chi connectivity index (χ0n) is 10.7. The van der Waals surface area contributed by atoms with Crippen LogP contribution in [0.2, 0.25) is 5.02 Å². The van der Waals surface area contributed by atoms with Crippen LogP contribution in [0.5, 0.6) is 0 Å². The largest absolute Gasteiger partial charge is 0.392 e. The number of hydrogen-bond donors (Lipinski definition) is 1. The van der Waals surface area contributed by atoms with Crippen molar-refractivity contribution in [2.24, 2.45) is 0 Å². The second-order valence-electron chi connectivity index (χ2n) is 4.23. The Kier molecular flexibility index (Phi) is 4.75. The van der Waals surface area contributed by atoms with Crippen LogP contribution in [-0.4, -0.2) is 19.8 Å². The van der Waals surface area contributed by atoms with Crippen LogP contribution < -0.4 is 0 Å². The zero-order chi connectivity index (χ0) is 14.8. The Morgan fingerprint density at radius 3 is 2.35 bits per heavy atom. The van der Waals surface area contributed by atoms with Gasteiger partial charge in [0.15, 0.2) is 9.84 Å². The first-order chi connectivity index (χ1) is 9.41. The minimum absolute atomic E-state index is 0.0929. The SMILES string of the molecule is CS(=O)(=O)c1ccc(Sc2c(Cl)cccc2CO)cc1. The second kappa shape index (κ2) is 6.18. The van der Waals surface area contributed by atoms with Gasteiger partial charge in [0, 0.05) is 16.0 Å². The van der Waals surface area contributed by atoms with E-state index in [4.69, 9.17) is 11.6 Å². The fourth-order valence-electron chi connectivity index (χ4n) is 1.67. The van der Waals surface area contributed by atoms with Crippen molar-refractivity contribution in [1.82, 2.24) is 0 Å². The molecule has 20 heavy (non-hydrogen) atoms. The molecule has 2 aromatic rings. The van der Waals surface area contributed by atoms with E-state index in [0.717, 1.165) is 15.4 Å². The predicted molar refractivity (Wildman–Crippen MR) is 81.0 cm³/mol. The first kappa shape index (κ1) is 15.4. The third kappa shape index (κ3) is 3.55. The first-order valence-electron chi connectivity index (χ1n) is 5.78. The van der Waals surface area contributed by atoms with E-state index in [0.29, 0.717) is 5.02 Å². The Balaban J connectivity index is 2.32. The molecule has 0 spiro atoms. The molecule has 106 valence electrons. The van der Waals surface area contributed by atoms with Gasteiger partial charge in [-0.25, -0.2) is 8.42 Å². The summed E-state index contributed by atoms with van der Waals surface area (Å²) in [5, 5.41) is 9.88. The average molecular weight is 329 g/mol. The zero-order valence-corrected chi connectivity index (χ0v) is 13.1. The Labute approximate surface area is 127 Å². The lowest BCUT2D eigenvalue weighted by Gasteiger charge is -2.09. The van der Waals surface area contributed by atoms with Crippen molar-refractivity contribution in [2.45, 2.75) is 21.3 Å². The fourth-order valence-corrected chi connectivity index (χ4v) is 3.54. The van der Waals surface area contributed by atoms with Crippen molar-refractivity contribution in [2.75, 3.05) is 6.26 Å². The number of halogens is 1. The van der Waals surface area contributed by atoms with Gasteiger partial charge in [-0.2, -0.15) is 0 Å². The highest BCUT2D eigenvalue weighted by Crippen LogP contribution is 2.36. The van der Waals surface area contributed by atoms with Gasteiger partial charge in [-0.3, -0.25) is 0 Å². The lowest BCUT2D eigenvalue weighted by Crippen LogP contribution is -1.96. The molecular weight excluding hydrogens is 316 g/mol. The molecule has 3 nitrogen and oxygen atoms in total. The Bertz CT molecular complexity index is 710. The lowest BCUT2D eigenvalue weighted by molar-refractivity contribution is 0.279. The summed E-state index contributed by atoms with van der Waals surface area (Å²) >= 11 is 7.53. The van der Waals surface area contributed by atoms with Gasteiger partial charge in [0.1, 0.15) is 0 Å². The van der Waals surface area contributed by atoms with Gasteiger partial charge in [0.2, 0.25) is 0 Å². The highest BCUT2D eigenvalue weighted by molar-refractivity contribution is 7.99. The van der Waals surface area contributed by atoms with Gasteiger partial charge in [0.25, 0.3) is 0 Å². The van der Waals surface area contributed by atoms with Crippen molar-refractivity contribution in [3.05, 3.63) is 53.1 Å². The van der Waals surface area contributed by atoms with Crippen LogP contribution in [0.4, 0.5) is 0 Å². The van der Waals surface area contributed by atoms with Crippen molar-refractivity contribution >= 4 is 33.2 Å². The Morgan fingerprint density at radius 2 is 1.80 bits per heavy atom. The molecule has 2 rings (SSSR count). The van der Waals surface area contributed by atoms with E-state index < -0.39 is 9.84 Å². The molecule has 0 fully saturated rings. The van der Waals surface area contributed by atoms with Gasteiger partial charge >= 0.3 is 0 Å². The number of aliphatic hydroxyl groups excluding tert-OH is 1. The van der Waals surface area contributed by atoms with Gasteiger partial charge < -0.3 is 5.11 Å². The second-order valence-corrected chi connectivity index (χ2v) is 7.74. The van der Waals surface area contributed by atoms with Crippen molar-refractivity contribution < 1.29 is 13.5 Å². The standard InChI is InChI=1S/C14H13ClO3S2/c1-20(17,18)12-7-5-11(6-8-12)19-14-10(9-16)3-2-4-13(14)15/h2-8,16H,9H2,1H3. The Hall–Kier alpha value is -1.01. The van der Waals surface area contributed by atoms with Crippen LogP contribution in [0, 0.1) is 0 Å². The van der Waals surface area contributed by atoms with Gasteiger partial charge in [-0.1, -0.05) is 35.5 Å². The van der Waals surface area contributed by atoms with E-state index in [-0.39, 0.29) is 11.5 Å². The normalized spacial score (nSPS) is 11.6. The molecule has 0 bridgehead atoms. The molecule has 0 heterocycles. The molecule has 0 atom stereocenters. The monoisotopic (exact) mass is 328 g/mol. The molecule has 0 amide bonds. The van der Waals surface area contributed by atoms with Crippen molar-refractivity contribution in [1.29, 1.82) is 0 Å². The highest BCUT2D eigenvalue weighted by atomic mass is 35.5. The summed E-state index contributed by atoms with van der Waals surface area (Å²) in [6.07, 6.45) is 1.17. The number of hydrogen-bond acceptors (Lipinski definition) is 4. The number of aliphatic hydroxyl groups is 1. The molecule has 0 aliphatic carbocycles. The predicted octanol–water partition coefficient (Wildman–Crippen LogP) is 3.39. The van der Waals surface area contributed by atoms with E-state index in [1.165, 1.54) is 18.0 Å². The van der Waals surface area contributed by atoms with Crippen molar-refractivity contribution in [3.63, 3.8) is 0 Å². The lowest BCUT2D eigenvalue weighted by atomic mass is 10.2. The molecule has 6 heteroatoms. The molecular formula is C14H13ClO3S2. The molecule has 0 aromatic heterocycles. The Morgan fingerprint density at radius 1 is 1.15 bits per heavy atom. The van der Waals surface area contributed by atoms with E-state index in [1.54, 1.807) is 42.5 Å². The molecule has 0 aliphatic heterocycles. The summed E-state index contributed by atoms with van der Waals surface area (Å²) < 4.78 is 22.8. The molecule has 0 radical (unpaired) electrons. The molecule has 2 aromatic carbocycles. The summed E-state index contributed by atoms with van der Waals surface area (Å²) in [6.45, 7) is -0.0929. The molecule has 0 saturated heterocycles. The van der Waals surface area contributed by atoms with Crippen LogP contribution >= 0.6 is 23.4 Å². The van der Waals surface area contributed by atoms with E-state index in [9.17, 15) is 13.5 Å². The summed E-state index contributed by atoms with van der Waals surface area (Å²) in [6, 6.07) is 11.9. The third-order valence-corrected chi connectivity index (χ3v) is 5.44. The number of benzene rings is 2. The topological polar surface area (TPSA) is 54.4 Å². The average Bonchev–Trinajstić information content (AvgIpc) is 2.40. The maximum Gasteiger partial charge on any atom is 0.175 e. The minimum atomic E-state index is -3.19. The summed E-state index contributed by atoms with van der Waals surface area (Å²) in [4.78, 5) is 1.92. The van der Waals surface area contributed by atoms with E-state index in [1.807, 2.05) is 0 Å². The van der Waals surface area contributed by atoms with E-state index >= 15 is 0 Å². The third-order valence-electron chi connectivity index (χ3n) is 2.69. The van der Waals surface area contributed by atoms with Crippen LogP contribution in [0.3, 0.4) is 0 Å². The fraction of sp³-hybridized carbons (Fsp3) is 0.143. The molecule has 0 aliphatic rings. The van der Waals surface area contributed by atoms with Crippen LogP contribution in [0.15, 0.2) is 57.2 Å². The summed E-state index contributed by atoms with van der Waals surface area (Å²) in [7, 11) is -3.19. The number of rotatable bonds is 4. The molecule has 0 saturated carbocycles. The number of sulfone groups is 1. The minimum Gasteiger partial charge on any atom is -0.392 e. The van der Waals surface area contributed by atoms with E-state index in [2.05, 4.69) is 0 Å². The summed E-state index contributed by atoms with van der Waals surface area (Å²) in [5.74, 6) is 0. The first-order valence-corrected chi connectivity index (χ1v) is 8.86. The van der Waals surface area contributed by atoms with Crippen molar-refractivity contribution in [3.8, 4) is 0 Å². The van der Waals surface area contributed by atoms with Gasteiger partial charge in [-0.05, 0) is 35.9 Å². The van der Waals surface area contributed by atoms with Crippen LogP contribution in [-0.2, 0) is 16.4 Å².